The molecular formula is C20H17N3O2. The molecule has 0 spiro atoms. The van der Waals surface area contributed by atoms with Crippen molar-refractivity contribution in [3.05, 3.63) is 84.2 Å². The number of hydrogen-bond acceptors (Lipinski definition) is 4. The molecule has 4 rings (SSSR count). The van der Waals surface area contributed by atoms with E-state index < -0.39 is 0 Å². The van der Waals surface area contributed by atoms with Gasteiger partial charge >= 0.3 is 0 Å². The number of methoxy groups -OCH3 is 1. The number of amides is 1. The molecule has 1 aromatic heterocycles. The first kappa shape index (κ1) is 15.2. The number of fused-ring (bicyclic) bond motifs is 1. The molecule has 3 aromatic rings. The number of para-hydroxylation sites is 3. The van der Waals surface area contributed by atoms with Gasteiger partial charge in [0.05, 0.1) is 18.4 Å². The summed E-state index contributed by atoms with van der Waals surface area (Å²) >= 11 is 0. The third kappa shape index (κ3) is 2.59. The van der Waals surface area contributed by atoms with E-state index in [9.17, 15) is 4.79 Å². The van der Waals surface area contributed by atoms with Crippen LogP contribution in [0.3, 0.4) is 0 Å². The van der Waals surface area contributed by atoms with Gasteiger partial charge in [-0.2, -0.15) is 0 Å². The highest BCUT2D eigenvalue weighted by atomic mass is 16.5. The van der Waals surface area contributed by atoms with E-state index in [1.165, 1.54) is 0 Å². The molecule has 5 nitrogen and oxygen atoms in total. The van der Waals surface area contributed by atoms with Crippen LogP contribution >= 0.6 is 0 Å². The summed E-state index contributed by atoms with van der Waals surface area (Å²) < 4.78 is 5.49. The van der Waals surface area contributed by atoms with Crippen LogP contribution in [-0.4, -0.2) is 18.0 Å². The molecule has 0 saturated heterocycles. The molecule has 25 heavy (non-hydrogen) atoms. The number of carbonyl (C=O) groups excluding carboxylic acids is 1. The maximum absolute atomic E-state index is 13.3. The van der Waals surface area contributed by atoms with Crippen molar-refractivity contribution in [3.8, 4) is 5.75 Å². The fourth-order valence-corrected chi connectivity index (χ4v) is 3.11. The lowest BCUT2D eigenvalue weighted by Gasteiger charge is -2.38. The van der Waals surface area contributed by atoms with Gasteiger partial charge in [-0.25, -0.2) is 0 Å². The summed E-state index contributed by atoms with van der Waals surface area (Å²) in [6.45, 7) is 0. The third-order valence-corrected chi connectivity index (χ3v) is 4.29. The highest BCUT2D eigenvalue weighted by molar-refractivity contribution is 6.12. The van der Waals surface area contributed by atoms with Crippen molar-refractivity contribution in [1.82, 2.24) is 4.98 Å². The summed E-state index contributed by atoms with van der Waals surface area (Å²) in [5, 5.41) is 3.47. The second kappa shape index (κ2) is 6.28. The average Bonchev–Trinajstić information content (AvgIpc) is 2.68. The lowest BCUT2D eigenvalue weighted by molar-refractivity contribution is 0.0974. The minimum absolute atomic E-state index is 0.0688. The Bertz CT molecular complexity index is 912. The molecule has 0 radical (unpaired) electrons. The highest BCUT2D eigenvalue weighted by Crippen LogP contribution is 2.40. The van der Waals surface area contributed by atoms with E-state index in [2.05, 4.69) is 10.3 Å². The Morgan fingerprint density at radius 1 is 1.00 bits per heavy atom. The standard InChI is InChI=1S/C20H17N3O2/c1-25-18-9-5-4-8-17(18)23-19(14-10-12-21-13-11-14)22-16-7-3-2-6-15(16)20(23)24/h2-13,19,22H,1H3/t19-/m1/s1. The van der Waals surface area contributed by atoms with Gasteiger partial charge < -0.3 is 10.1 Å². The summed E-state index contributed by atoms with van der Waals surface area (Å²) in [6.07, 6.45) is 3.10. The third-order valence-electron chi connectivity index (χ3n) is 4.29. The number of benzene rings is 2. The van der Waals surface area contributed by atoms with Crippen LogP contribution in [-0.2, 0) is 0 Å². The van der Waals surface area contributed by atoms with Crippen molar-refractivity contribution in [2.75, 3.05) is 17.3 Å². The van der Waals surface area contributed by atoms with Gasteiger partial charge in [0.2, 0.25) is 0 Å². The van der Waals surface area contributed by atoms with Crippen molar-refractivity contribution >= 4 is 17.3 Å². The monoisotopic (exact) mass is 331 g/mol. The van der Waals surface area contributed by atoms with Crippen molar-refractivity contribution in [2.45, 2.75) is 6.17 Å². The van der Waals surface area contributed by atoms with Crippen LogP contribution < -0.4 is 15.0 Å². The van der Waals surface area contributed by atoms with Crippen LogP contribution in [0.15, 0.2) is 73.1 Å². The smallest absolute Gasteiger partial charge is 0.262 e. The highest BCUT2D eigenvalue weighted by Gasteiger charge is 2.35. The largest absolute Gasteiger partial charge is 0.495 e. The Hall–Kier alpha value is -3.34. The van der Waals surface area contributed by atoms with Crippen LogP contribution in [0.1, 0.15) is 22.1 Å². The van der Waals surface area contributed by atoms with Crippen molar-refractivity contribution in [3.63, 3.8) is 0 Å². The first-order valence-electron chi connectivity index (χ1n) is 8.01. The lowest BCUT2D eigenvalue weighted by atomic mass is 10.0. The van der Waals surface area contributed by atoms with E-state index in [0.29, 0.717) is 11.3 Å². The average molecular weight is 331 g/mol. The predicted molar refractivity (Wildman–Crippen MR) is 96.8 cm³/mol. The molecule has 0 aliphatic carbocycles. The second-order valence-electron chi connectivity index (χ2n) is 5.72. The molecule has 1 amide bonds. The van der Waals surface area contributed by atoms with E-state index in [-0.39, 0.29) is 12.1 Å². The Morgan fingerprint density at radius 3 is 2.52 bits per heavy atom. The van der Waals surface area contributed by atoms with Crippen LogP contribution in [0.4, 0.5) is 11.4 Å². The number of carbonyl (C=O) groups is 1. The summed E-state index contributed by atoms with van der Waals surface area (Å²) in [5.74, 6) is 0.580. The molecule has 124 valence electrons. The molecule has 1 N–H and O–H groups in total. The molecule has 0 saturated carbocycles. The minimum Gasteiger partial charge on any atom is -0.495 e. The predicted octanol–water partition coefficient (Wildman–Crippen LogP) is 3.86. The first-order chi connectivity index (χ1) is 12.3. The summed E-state index contributed by atoms with van der Waals surface area (Å²) in [6, 6.07) is 18.9. The summed E-state index contributed by atoms with van der Waals surface area (Å²) in [4.78, 5) is 19.1. The van der Waals surface area contributed by atoms with E-state index in [1.54, 1.807) is 24.4 Å². The van der Waals surface area contributed by atoms with Gasteiger partial charge in [0.25, 0.3) is 5.91 Å². The molecule has 1 aliphatic heterocycles. The molecule has 1 atom stereocenters. The van der Waals surface area contributed by atoms with Gasteiger partial charge in [0, 0.05) is 18.1 Å². The molecule has 2 aromatic carbocycles. The van der Waals surface area contributed by atoms with Crippen molar-refractivity contribution < 1.29 is 9.53 Å². The van der Waals surface area contributed by atoms with Gasteiger partial charge in [-0.1, -0.05) is 24.3 Å². The van der Waals surface area contributed by atoms with E-state index in [1.807, 2.05) is 60.7 Å². The maximum atomic E-state index is 13.3. The first-order valence-corrected chi connectivity index (χ1v) is 8.01. The molecule has 0 bridgehead atoms. The normalized spacial score (nSPS) is 16.1. The van der Waals surface area contributed by atoms with Crippen molar-refractivity contribution in [2.24, 2.45) is 0 Å². The molecular weight excluding hydrogens is 314 g/mol. The molecule has 5 heteroatoms. The van der Waals surface area contributed by atoms with E-state index in [0.717, 1.165) is 16.9 Å². The van der Waals surface area contributed by atoms with Crippen LogP contribution in [0.2, 0.25) is 0 Å². The number of nitrogens with zero attached hydrogens (tertiary/aromatic N) is 2. The van der Waals surface area contributed by atoms with Gasteiger partial charge in [-0.05, 0) is 42.0 Å². The second-order valence-corrected chi connectivity index (χ2v) is 5.72. The number of rotatable bonds is 3. The zero-order chi connectivity index (χ0) is 17.2. The Balaban J connectivity index is 1.90. The summed E-state index contributed by atoms with van der Waals surface area (Å²) in [7, 11) is 1.61. The Morgan fingerprint density at radius 2 is 1.72 bits per heavy atom. The number of anilines is 2. The zero-order valence-electron chi connectivity index (χ0n) is 13.7. The van der Waals surface area contributed by atoms with Crippen LogP contribution in [0.25, 0.3) is 0 Å². The summed E-state index contributed by atoms with van der Waals surface area (Å²) in [5.41, 5.74) is 3.13. The molecule has 0 unspecified atom stereocenters. The van der Waals surface area contributed by atoms with Crippen LogP contribution in [0, 0.1) is 0 Å². The topological polar surface area (TPSA) is 54.5 Å². The van der Waals surface area contributed by atoms with E-state index in [4.69, 9.17) is 4.74 Å². The number of aromatic nitrogens is 1. The lowest BCUT2D eigenvalue weighted by Crippen LogP contribution is -2.43. The molecule has 2 heterocycles. The quantitative estimate of drug-likeness (QED) is 0.792. The maximum Gasteiger partial charge on any atom is 0.262 e. The minimum atomic E-state index is -0.346. The fourth-order valence-electron chi connectivity index (χ4n) is 3.11. The van der Waals surface area contributed by atoms with Gasteiger partial charge in [0.15, 0.2) is 0 Å². The zero-order valence-corrected chi connectivity index (χ0v) is 13.7. The molecule has 1 aliphatic rings. The fraction of sp³-hybridized carbons (Fsp3) is 0.100. The number of pyridine rings is 1. The van der Waals surface area contributed by atoms with Gasteiger partial charge in [-0.15, -0.1) is 0 Å². The van der Waals surface area contributed by atoms with Crippen LogP contribution in [0.5, 0.6) is 5.75 Å². The van der Waals surface area contributed by atoms with Gasteiger partial charge in [0.1, 0.15) is 11.9 Å². The van der Waals surface area contributed by atoms with E-state index >= 15 is 0 Å². The Labute approximate surface area is 145 Å². The molecule has 0 fully saturated rings. The number of ether oxygens (including phenoxy) is 1. The SMILES string of the molecule is COc1ccccc1N1C(=O)c2ccccc2N[C@H]1c1ccncc1. The number of nitrogens with one attached hydrogen (secondary N) is 1. The Kier molecular flexibility index (Phi) is 3.82. The van der Waals surface area contributed by atoms with Gasteiger partial charge in [-0.3, -0.25) is 14.7 Å². The van der Waals surface area contributed by atoms with Crippen molar-refractivity contribution in [1.29, 1.82) is 0 Å². The number of hydrogen-bond donors (Lipinski definition) is 1.